The van der Waals surface area contributed by atoms with E-state index in [0.29, 0.717) is 24.7 Å². The molecular weight excluding hydrogens is 374 g/mol. The molecule has 2 N–H and O–H groups in total. The maximum absolute atomic E-state index is 13.2. The molecule has 1 aliphatic heterocycles. The van der Waals surface area contributed by atoms with Crippen molar-refractivity contribution in [1.29, 1.82) is 0 Å². The summed E-state index contributed by atoms with van der Waals surface area (Å²) in [5.74, 6) is 0.486. The number of aliphatic hydroxyl groups excluding tert-OH is 1. The van der Waals surface area contributed by atoms with Crippen molar-refractivity contribution in [3.05, 3.63) is 46.7 Å². The molecule has 3 aromatic heterocycles. The molecule has 0 bridgehead atoms. The van der Waals surface area contributed by atoms with Gasteiger partial charge in [-0.05, 0) is 38.0 Å². The second kappa shape index (κ2) is 7.81. The van der Waals surface area contributed by atoms with E-state index >= 15 is 0 Å². The molecule has 1 saturated heterocycles. The van der Waals surface area contributed by atoms with Gasteiger partial charge < -0.3 is 15.3 Å². The highest BCUT2D eigenvalue weighted by molar-refractivity contribution is 7.19. The Morgan fingerprint density at radius 1 is 1.46 bits per heavy atom. The topological polar surface area (TPSA) is 91.2 Å². The first-order valence-electron chi connectivity index (χ1n) is 9.40. The number of carbonyl (C=O) groups is 1. The average Bonchev–Trinajstić information content (AvgIpc) is 3.33. The van der Waals surface area contributed by atoms with Crippen LogP contribution in [0.4, 0.5) is 5.95 Å². The lowest BCUT2D eigenvalue weighted by Crippen LogP contribution is -2.30. The van der Waals surface area contributed by atoms with Gasteiger partial charge in [0.05, 0.1) is 16.3 Å². The number of carbonyl (C=O) groups excluding carboxylic acids is 1. The first-order chi connectivity index (χ1) is 13.5. The van der Waals surface area contributed by atoms with Crippen LogP contribution in [0.25, 0.3) is 10.2 Å². The van der Waals surface area contributed by atoms with E-state index in [0.717, 1.165) is 27.1 Å². The zero-order valence-electron chi connectivity index (χ0n) is 15.9. The van der Waals surface area contributed by atoms with Crippen LogP contribution in [0.3, 0.4) is 0 Å². The number of pyridine rings is 1. The molecule has 146 valence electrons. The average molecular weight is 398 g/mol. The number of hydrogen-bond donors (Lipinski definition) is 2. The smallest absolute Gasteiger partial charge is 0.274 e. The lowest BCUT2D eigenvalue weighted by molar-refractivity contribution is 0.0778. The lowest BCUT2D eigenvalue weighted by Gasteiger charge is -2.18. The molecule has 1 fully saturated rings. The highest BCUT2D eigenvalue weighted by Gasteiger charge is 2.29. The van der Waals surface area contributed by atoms with Gasteiger partial charge in [0.25, 0.3) is 5.91 Å². The molecule has 0 unspecified atom stereocenters. The SMILES string of the molecule is Cc1cc2nc(N[C@@H](C)c3cccnc3)nc(C(=O)N3CC[C@@H](CO)C3)c2s1. The van der Waals surface area contributed by atoms with E-state index < -0.39 is 0 Å². The number of nitrogens with zero attached hydrogens (tertiary/aromatic N) is 4. The minimum atomic E-state index is -0.0951. The molecule has 4 heterocycles. The lowest BCUT2D eigenvalue weighted by atomic mass is 10.1. The number of hydrogen-bond acceptors (Lipinski definition) is 7. The summed E-state index contributed by atoms with van der Waals surface area (Å²) in [6, 6.07) is 5.82. The fraction of sp³-hybridized carbons (Fsp3) is 0.400. The minimum absolute atomic E-state index is 0.0422. The van der Waals surface area contributed by atoms with Crippen molar-refractivity contribution < 1.29 is 9.90 Å². The molecule has 8 heteroatoms. The number of aromatic nitrogens is 3. The van der Waals surface area contributed by atoms with E-state index in [-0.39, 0.29) is 24.5 Å². The Kier molecular flexibility index (Phi) is 5.23. The maximum atomic E-state index is 13.2. The van der Waals surface area contributed by atoms with E-state index in [1.54, 1.807) is 17.3 Å². The van der Waals surface area contributed by atoms with Gasteiger partial charge in [0.2, 0.25) is 5.95 Å². The highest BCUT2D eigenvalue weighted by atomic mass is 32.1. The van der Waals surface area contributed by atoms with Gasteiger partial charge in [0.1, 0.15) is 0 Å². The van der Waals surface area contributed by atoms with Crippen LogP contribution >= 0.6 is 11.3 Å². The van der Waals surface area contributed by atoms with Gasteiger partial charge in [-0.2, -0.15) is 0 Å². The number of amides is 1. The van der Waals surface area contributed by atoms with Crippen molar-refractivity contribution >= 4 is 33.4 Å². The molecule has 28 heavy (non-hydrogen) atoms. The fourth-order valence-electron chi connectivity index (χ4n) is 3.48. The molecule has 0 radical (unpaired) electrons. The zero-order valence-corrected chi connectivity index (χ0v) is 16.7. The Hall–Kier alpha value is -2.58. The Labute approximate surface area is 167 Å². The summed E-state index contributed by atoms with van der Waals surface area (Å²) in [6.45, 7) is 5.34. The van der Waals surface area contributed by atoms with Crippen molar-refractivity contribution in [2.45, 2.75) is 26.3 Å². The maximum Gasteiger partial charge on any atom is 0.274 e. The molecule has 0 aliphatic carbocycles. The Morgan fingerprint density at radius 3 is 3.04 bits per heavy atom. The first kappa shape index (κ1) is 18.8. The highest BCUT2D eigenvalue weighted by Crippen LogP contribution is 2.30. The van der Waals surface area contributed by atoms with Gasteiger partial charge in [-0.15, -0.1) is 11.3 Å². The van der Waals surface area contributed by atoms with Crippen LogP contribution in [-0.4, -0.2) is 50.6 Å². The molecule has 1 amide bonds. The standard InChI is InChI=1S/C20H23N5O2S/c1-12-8-16-18(28-12)17(19(27)25-7-5-14(10-25)11-26)24-20(23-16)22-13(2)15-4-3-6-21-9-15/h3-4,6,8-9,13-14,26H,5,7,10-11H2,1-2H3,(H,22,23,24)/t13-,14+/m0/s1. The van der Waals surface area contributed by atoms with Gasteiger partial charge in [0, 0.05) is 42.9 Å². The third kappa shape index (κ3) is 3.70. The molecule has 0 spiro atoms. The van der Waals surface area contributed by atoms with Crippen molar-refractivity contribution in [2.24, 2.45) is 5.92 Å². The van der Waals surface area contributed by atoms with Crippen LogP contribution in [0.15, 0.2) is 30.6 Å². The monoisotopic (exact) mass is 397 g/mol. The minimum Gasteiger partial charge on any atom is -0.396 e. The predicted octanol–water partition coefficient (Wildman–Crippen LogP) is 3.02. The van der Waals surface area contributed by atoms with E-state index in [1.165, 1.54) is 11.3 Å². The number of nitrogens with one attached hydrogen (secondary N) is 1. The van der Waals surface area contributed by atoms with Crippen LogP contribution in [0, 0.1) is 12.8 Å². The number of rotatable bonds is 5. The van der Waals surface area contributed by atoms with Gasteiger partial charge in [0.15, 0.2) is 5.69 Å². The first-order valence-corrected chi connectivity index (χ1v) is 10.2. The van der Waals surface area contributed by atoms with Crippen molar-refractivity contribution in [2.75, 3.05) is 25.0 Å². The summed E-state index contributed by atoms with van der Waals surface area (Å²) in [4.78, 5) is 29.4. The molecule has 0 saturated carbocycles. The number of likely N-dealkylation sites (tertiary alicyclic amines) is 1. The number of anilines is 1. The van der Waals surface area contributed by atoms with Gasteiger partial charge in [-0.25, -0.2) is 9.97 Å². The van der Waals surface area contributed by atoms with E-state index in [2.05, 4.69) is 20.3 Å². The second-order valence-electron chi connectivity index (χ2n) is 7.21. The van der Waals surface area contributed by atoms with Crippen LogP contribution in [0.5, 0.6) is 0 Å². The molecule has 0 aromatic carbocycles. The normalized spacial score (nSPS) is 17.8. The fourth-order valence-corrected chi connectivity index (χ4v) is 4.42. The summed E-state index contributed by atoms with van der Waals surface area (Å²) in [5.41, 5.74) is 2.23. The molecule has 4 rings (SSSR count). The van der Waals surface area contributed by atoms with Crippen LogP contribution < -0.4 is 5.32 Å². The largest absolute Gasteiger partial charge is 0.396 e. The van der Waals surface area contributed by atoms with Crippen molar-refractivity contribution in [3.8, 4) is 0 Å². The summed E-state index contributed by atoms with van der Waals surface area (Å²) in [5, 5.41) is 12.7. The van der Waals surface area contributed by atoms with Crippen molar-refractivity contribution in [3.63, 3.8) is 0 Å². The molecule has 1 aliphatic rings. The molecule has 2 atom stereocenters. The summed E-state index contributed by atoms with van der Waals surface area (Å²) in [7, 11) is 0. The van der Waals surface area contributed by atoms with Crippen LogP contribution in [0.1, 0.15) is 40.3 Å². The van der Waals surface area contributed by atoms with Crippen LogP contribution in [-0.2, 0) is 0 Å². The Balaban J connectivity index is 1.66. The number of fused-ring (bicyclic) bond motifs is 1. The van der Waals surface area contributed by atoms with Gasteiger partial charge >= 0.3 is 0 Å². The van der Waals surface area contributed by atoms with Gasteiger partial charge in [-0.3, -0.25) is 9.78 Å². The Morgan fingerprint density at radius 2 is 2.32 bits per heavy atom. The van der Waals surface area contributed by atoms with Gasteiger partial charge in [-0.1, -0.05) is 6.07 Å². The number of aliphatic hydroxyl groups is 1. The predicted molar refractivity (Wildman–Crippen MR) is 110 cm³/mol. The zero-order chi connectivity index (χ0) is 19.7. The number of aryl methyl sites for hydroxylation is 1. The van der Waals surface area contributed by atoms with E-state index in [1.807, 2.05) is 32.0 Å². The third-order valence-electron chi connectivity index (χ3n) is 5.06. The number of thiophene rings is 1. The van der Waals surface area contributed by atoms with Crippen LogP contribution in [0.2, 0.25) is 0 Å². The van der Waals surface area contributed by atoms with E-state index in [4.69, 9.17) is 0 Å². The molecule has 3 aromatic rings. The van der Waals surface area contributed by atoms with Crippen molar-refractivity contribution in [1.82, 2.24) is 19.9 Å². The molecular formula is C20H23N5O2S. The second-order valence-corrected chi connectivity index (χ2v) is 8.46. The summed E-state index contributed by atoms with van der Waals surface area (Å²) >= 11 is 1.54. The van der Waals surface area contributed by atoms with E-state index in [9.17, 15) is 9.90 Å². The quantitative estimate of drug-likeness (QED) is 0.688. The molecule has 7 nitrogen and oxygen atoms in total. The third-order valence-corrected chi connectivity index (χ3v) is 6.11. The summed E-state index contributed by atoms with van der Waals surface area (Å²) < 4.78 is 0.814. The Bertz CT molecular complexity index is 991. The summed E-state index contributed by atoms with van der Waals surface area (Å²) in [6.07, 6.45) is 4.36.